The molecule has 2 heterocycles. The van der Waals surface area contributed by atoms with Gasteiger partial charge < -0.3 is 14.2 Å². The quantitative estimate of drug-likeness (QED) is 0.197. The van der Waals surface area contributed by atoms with E-state index in [1.165, 1.54) is 47.0 Å². The molecule has 1 saturated carbocycles. The molecule has 0 unspecified atom stereocenters. The van der Waals surface area contributed by atoms with Crippen molar-refractivity contribution in [2.75, 3.05) is 13.2 Å². The SMILES string of the molecule is O=C(O[C@@H](Cc1c(Cl)cncc1Cl)c1ccc(OC(F)F)c(OCC2CC2)c1)[C@@H]1CCCCN1S(=O)(=O)c1ccccc1. The third-order valence-corrected chi connectivity index (χ3v) is 9.98. The molecule has 13 heteroatoms. The topological polar surface area (TPSA) is 95.0 Å². The summed E-state index contributed by atoms with van der Waals surface area (Å²) in [5.41, 5.74) is 0.847. The number of carbonyl (C=O) groups is 1. The number of aromatic nitrogens is 1. The Kier molecular flexibility index (Phi) is 10.1. The van der Waals surface area contributed by atoms with Crippen LogP contribution in [0, 0.1) is 5.92 Å². The molecule has 0 amide bonds. The van der Waals surface area contributed by atoms with Gasteiger partial charge in [-0.05, 0) is 73.4 Å². The molecule has 2 aliphatic rings. The lowest BCUT2D eigenvalue weighted by atomic mass is 10.0. The zero-order valence-corrected chi connectivity index (χ0v) is 25.3. The first-order valence-electron chi connectivity index (χ1n) is 13.9. The second-order valence-electron chi connectivity index (χ2n) is 10.5. The zero-order chi connectivity index (χ0) is 30.6. The van der Waals surface area contributed by atoms with Crippen molar-refractivity contribution in [1.29, 1.82) is 0 Å². The standard InChI is InChI=1S/C30H30Cl2F2N2O6S/c31-23-16-35-17-24(32)22(23)15-27(20-11-12-26(42-30(33)34)28(14-20)40-18-19-9-10-19)41-29(37)25-8-4-5-13-36(25)43(38,39)21-6-2-1-3-7-21/h1-3,6-7,11-12,14,16-17,19,25,27,30H,4-5,8-10,13,15,18H2/t25-,27-/m0/s1. The van der Waals surface area contributed by atoms with Gasteiger partial charge in [0.15, 0.2) is 11.5 Å². The number of pyridine rings is 1. The average Bonchev–Trinajstić information content (AvgIpc) is 3.83. The minimum absolute atomic E-state index is 0.00119. The molecule has 0 N–H and O–H groups in total. The Morgan fingerprint density at radius 2 is 1.72 bits per heavy atom. The van der Waals surface area contributed by atoms with Crippen molar-refractivity contribution < 1.29 is 36.2 Å². The van der Waals surface area contributed by atoms with Gasteiger partial charge in [0.2, 0.25) is 10.0 Å². The minimum atomic E-state index is -3.99. The van der Waals surface area contributed by atoms with Crippen molar-refractivity contribution in [2.45, 2.75) is 62.2 Å². The number of esters is 1. The van der Waals surface area contributed by atoms with E-state index in [0.29, 0.717) is 36.5 Å². The van der Waals surface area contributed by atoms with Gasteiger partial charge in [0.05, 0.1) is 21.5 Å². The van der Waals surface area contributed by atoms with Crippen LogP contribution in [0.3, 0.4) is 0 Å². The van der Waals surface area contributed by atoms with Gasteiger partial charge in [-0.1, -0.05) is 47.5 Å². The molecule has 5 rings (SSSR count). The number of nitrogens with zero attached hydrogens (tertiary/aromatic N) is 2. The van der Waals surface area contributed by atoms with Crippen LogP contribution in [0.25, 0.3) is 0 Å². The number of rotatable bonds is 12. The van der Waals surface area contributed by atoms with Crippen LogP contribution in [0.1, 0.15) is 49.3 Å². The van der Waals surface area contributed by atoms with Crippen LogP contribution in [-0.2, 0) is 26.0 Å². The van der Waals surface area contributed by atoms with Crippen LogP contribution in [0.2, 0.25) is 10.0 Å². The van der Waals surface area contributed by atoms with Gasteiger partial charge in [0.1, 0.15) is 12.1 Å². The van der Waals surface area contributed by atoms with E-state index in [1.54, 1.807) is 18.2 Å². The lowest BCUT2D eigenvalue weighted by Gasteiger charge is -2.34. The highest BCUT2D eigenvalue weighted by Crippen LogP contribution is 2.38. The normalized spacial score (nSPS) is 18.3. The minimum Gasteiger partial charge on any atom is -0.489 e. The fraction of sp³-hybridized carbons (Fsp3) is 0.400. The molecule has 0 radical (unpaired) electrons. The van der Waals surface area contributed by atoms with E-state index in [0.717, 1.165) is 12.8 Å². The number of benzene rings is 2. The number of hydrogen-bond donors (Lipinski definition) is 0. The van der Waals surface area contributed by atoms with Gasteiger partial charge in [-0.25, -0.2) is 8.42 Å². The van der Waals surface area contributed by atoms with Gasteiger partial charge in [-0.3, -0.25) is 9.78 Å². The summed E-state index contributed by atoms with van der Waals surface area (Å²) in [7, 11) is -3.99. The van der Waals surface area contributed by atoms with E-state index in [4.69, 9.17) is 32.7 Å². The fourth-order valence-corrected chi connectivity index (χ4v) is 7.13. The summed E-state index contributed by atoms with van der Waals surface area (Å²) < 4.78 is 71.1. The lowest BCUT2D eigenvalue weighted by Crippen LogP contribution is -2.48. The molecule has 3 aromatic rings. The zero-order valence-electron chi connectivity index (χ0n) is 23.0. The van der Waals surface area contributed by atoms with Crippen molar-refractivity contribution >= 4 is 39.2 Å². The van der Waals surface area contributed by atoms with Crippen molar-refractivity contribution in [3.8, 4) is 11.5 Å². The number of halogens is 4. The summed E-state index contributed by atoms with van der Waals surface area (Å²) >= 11 is 12.8. The van der Waals surface area contributed by atoms with Crippen LogP contribution in [0.4, 0.5) is 8.78 Å². The predicted octanol–water partition coefficient (Wildman–Crippen LogP) is 6.85. The maximum atomic E-state index is 13.8. The van der Waals surface area contributed by atoms with E-state index in [-0.39, 0.29) is 45.8 Å². The molecular formula is C30H30Cl2F2N2O6S. The molecular weight excluding hydrogens is 625 g/mol. The highest BCUT2D eigenvalue weighted by molar-refractivity contribution is 7.89. The molecule has 0 spiro atoms. The van der Waals surface area contributed by atoms with E-state index < -0.39 is 34.7 Å². The number of hydrogen-bond acceptors (Lipinski definition) is 7. The van der Waals surface area contributed by atoms with Crippen LogP contribution in [0.5, 0.6) is 11.5 Å². The highest BCUT2D eigenvalue weighted by Gasteiger charge is 2.40. The van der Waals surface area contributed by atoms with Crippen molar-refractivity contribution in [3.63, 3.8) is 0 Å². The second-order valence-corrected chi connectivity index (χ2v) is 13.2. The molecule has 1 saturated heterocycles. The van der Waals surface area contributed by atoms with Crippen LogP contribution in [-0.4, -0.2) is 49.5 Å². The Morgan fingerprint density at radius 1 is 1.00 bits per heavy atom. The largest absolute Gasteiger partial charge is 0.489 e. The fourth-order valence-electron chi connectivity index (χ4n) is 4.94. The Bertz CT molecular complexity index is 1520. The van der Waals surface area contributed by atoms with Gasteiger partial charge in [-0.2, -0.15) is 13.1 Å². The third kappa shape index (κ3) is 7.75. The Labute approximate surface area is 258 Å². The maximum Gasteiger partial charge on any atom is 0.387 e. The second kappa shape index (κ2) is 13.8. The molecule has 230 valence electrons. The number of alkyl halides is 2. The molecule has 1 aliphatic heterocycles. The van der Waals surface area contributed by atoms with E-state index >= 15 is 0 Å². The van der Waals surface area contributed by atoms with Crippen molar-refractivity contribution in [2.24, 2.45) is 5.92 Å². The molecule has 2 fully saturated rings. The number of carbonyl (C=O) groups excluding carboxylic acids is 1. The Morgan fingerprint density at radius 3 is 2.40 bits per heavy atom. The monoisotopic (exact) mass is 654 g/mol. The predicted molar refractivity (Wildman–Crippen MR) is 156 cm³/mol. The molecule has 1 aromatic heterocycles. The summed E-state index contributed by atoms with van der Waals surface area (Å²) in [6.45, 7) is -2.59. The van der Waals surface area contributed by atoms with Gasteiger partial charge in [0, 0.05) is 25.4 Å². The van der Waals surface area contributed by atoms with Gasteiger partial charge >= 0.3 is 12.6 Å². The summed E-state index contributed by atoms with van der Waals surface area (Å²) in [5, 5.41) is 0.477. The Hall–Kier alpha value is -2.99. The van der Waals surface area contributed by atoms with Gasteiger partial charge in [0.25, 0.3) is 0 Å². The third-order valence-electron chi connectivity index (χ3n) is 7.40. The van der Waals surface area contributed by atoms with E-state index in [1.807, 2.05) is 0 Å². The molecule has 8 nitrogen and oxygen atoms in total. The average molecular weight is 656 g/mol. The van der Waals surface area contributed by atoms with Crippen LogP contribution < -0.4 is 9.47 Å². The smallest absolute Gasteiger partial charge is 0.387 e. The maximum absolute atomic E-state index is 13.8. The van der Waals surface area contributed by atoms with E-state index in [9.17, 15) is 22.0 Å². The summed E-state index contributed by atoms with van der Waals surface area (Å²) in [5.74, 6) is -0.505. The first kappa shape index (κ1) is 31.4. The van der Waals surface area contributed by atoms with Crippen LogP contribution in [0.15, 0.2) is 65.8 Å². The number of piperidine rings is 1. The number of sulfonamides is 1. The van der Waals surface area contributed by atoms with E-state index in [2.05, 4.69) is 9.72 Å². The molecule has 1 aliphatic carbocycles. The first-order valence-corrected chi connectivity index (χ1v) is 16.1. The Balaban J connectivity index is 1.47. The summed E-state index contributed by atoms with van der Waals surface area (Å²) in [6, 6.07) is 11.1. The van der Waals surface area contributed by atoms with Crippen LogP contribution >= 0.6 is 23.2 Å². The molecule has 2 atom stereocenters. The van der Waals surface area contributed by atoms with Crippen molar-refractivity contribution in [1.82, 2.24) is 9.29 Å². The summed E-state index contributed by atoms with van der Waals surface area (Å²) in [6.07, 6.45) is 5.23. The summed E-state index contributed by atoms with van der Waals surface area (Å²) in [4.78, 5) is 17.8. The highest BCUT2D eigenvalue weighted by atomic mass is 35.5. The molecule has 0 bridgehead atoms. The first-order chi connectivity index (χ1) is 20.6. The lowest BCUT2D eigenvalue weighted by molar-refractivity contribution is -0.155. The van der Waals surface area contributed by atoms with Crippen molar-refractivity contribution in [3.05, 3.63) is 82.1 Å². The van der Waals surface area contributed by atoms with Gasteiger partial charge in [-0.15, -0.1) is 0 Å². The molecule has 2 aromatic carbocycles. The molecule has 43 heavy (non-hydrogen) atoms. The number of ether oxygens (including phenoxy) is 3.